The lowest BCUT2D eigenvalue weighted by molar-refractivity contribution is -0.148. The quantitative estimate of drug-likeness (QED) is 0.274. The molecule has 0 unspecified atom stereocenters. The summed E-state index contributed by atoms with van der Waals surface area (Å²) < 4.78 is 13.9. The molecule has 2 rings (SSSR count). The molecule has 1 aliphatic heterocycles. The molecule has 12 nitrogen and oxygen atoms in total. The number of carboxylic acids is 1. The van der Waals surface area contributed by atoms with Gasteiger partial charge < -0.3 is 19.3 Å². The summed E-state index contributed by atoms with van der Waals surface area (Å²) in [5.74, 6) is -3.43. The van der Waals surface area contributed by atoms with Crippen molar-refractivity contribution < 1.29 is 48.1 Å². The van der Waals surface area contributed by atoms with Gasteiger partial charge in [0.15, 0.2) is 5.78 Å². The fraction of sp³-hybridized carbons (Fsp3) is 0.435. The molecule has 1 amide bonds. The van der Waals surface area contributed by atoms with Crippen LogP contribution in [0.3, 0.4) is 0 Å². The minimum atomic E-state index is -1.04. The third-order valence-electron chi connectivity index (χ3n) is 4.14. The number of anilines is 1. The standard InChI is InChI=1S/C14H14N2O5.C9H14O5/c1-2-21-13(18)8-10-7-12(17)16(15-10)11-5-3-9(4-6-11)14(19)20;1-3-13-8(11)5-7(10)6-9(12)14-4-2/h3-6H,2,7-8H2,1H3,(H,19,20);3-6H2,1-2H3. The van der Waals surface area contributed by atoms with Gasteiger partial charge in [-0.2, -0.15) is 5.10 Å². The minimum Gasteiger partial charge on any atom is -0.478 e. The van der Waals surface area contributed by atoms with Crippen molar-refractivity contribution in [1.29, 1.82) is 0 Å². The minimum absolute atomic E-state index is 0.0245. The van der Waals surface area contributed by atoms with Gasteiger partial charge >= 0.3 is 23.9 Å². The normalized spacial score (nSPS) is 12.1. The SMILES string of the molecule is CCOC(=O)CC(=O)CC(=O)OCC.CCOC(=O)CC1=NN(c2ccc(C(=O)O)cc2)C(=O)C1. The summed E-state index contributed by atoms with van der Waals surface area (Å²) in [5.41, 5.74) is 1.02. The molecular formula is C23H28N2O10. The molecule has 0 aliphatic carbocycles. The van der Waals surface area contributed by atoms with Crippen LogP contribution in [0.4, 0.5) is 5.69 Å². The second kappa shape index (κ2) is 14.9. The second-order valence-corrected chi connectivity index (χ2v) is 6.88. The monoisotopic (exact) mass is 492 g/mol. The topological polar surface area (TPSA) is 166 Å². The Balaban J connectivity index is 0.000000383. The van der Waals surface area contributed by atoms with Crippen molar-refractivity contribution >= 4 is 47.0 Å². The van der Waals surface area contributed by atoms with Crippen LogP contribution in [0.2, 0.25) is 0 Å². The first-order chi connectivity index (χ1) is 16.6. The molecule has 0 bridgehead atoms. The molecule has 1 N–H and O–H groups in total. The van der Waals surface area contributed by atoms with Crippen LogP contribution in [-0.4, -0.2) is 66.2 Å². The van der Waals surface area contributed by atoms with Crippen molar-refractivity contribution in [3.8, 4) is 0 Å². The Kier molecular flexibility index (Phi) is 12.4. The lowest BCUT2D eigenvalue weighted by Crippen LogP contribution is -2.19. The number of ether oxygens (including phenoxy) is 3. The molecule has 35 heavy (non-hydrogen) atoms. The number of carbonyl (C=O) groups is 6. The van der Waals surface area contributed by atoms with Gasteiger partial charge in [0, 0.05) is 0 Å². The van der Waals surface area contributed by atoms with E-state index in [9.17, 15) is 28.8 Å². The van der Waals surface area contributed by atoms with E-state index in [4.69, 9.17) is 9.84 Å². The number of amides is 1. The van der Waals surface area contributed by atoms with E-state index in [0.29, 0.717) is 11.4 Å². The highest BCUT2D eigenvalue weighted by atomic mass is 16.5. The fourth-order valence-corrected chi connectivity index (χ4v) is 2.71. The van der Waals surface area contributed by atoms with E-state index in [1.807, 2.05) is 0 Å². The molecule has 0 aromatic heterocycles. The molecule has 1 aliphatic rings. The Hall–Kier alpha value is -4.09. The zero-order valence-electron chi connectivity index (χ0n) is 19.8. The molecule has 0 saturated carbocycles. The summed E-state index contributed by atoms with van der Waals surface area (Å²) in [6.07, 6.45) is -0.706. The van der Waals surface area contributed by atoms with Crippen molar-refractivity contribution in [2.24, 2.45) is 5.10 Å². The molecule has 0 atom stereocenters. The summed E-state index contributed by atoms with van der Waals surface area (Å²) in [5, 5.41) is 14.1. The van der Waals surface area contributed by atoms with Gasteiger partial charge in [-0.05, 0) is 45.0 Å². The highest BCUT2D eigenvalue weighted by Gasteiger charge is 2.27. The van der Waals surface area contributed by atoms with Gasteiger partial charge in [0.2, 0.25) is 0 Å². The van der Waals surface area contributed by atoms with Crippen LogP contribution in [-0.2, 0) is 38.2 Å². The lowest BCUT2D eigenvalue weighted by atomic mass is 10.2. The van der Waals surface area contributed by atoms with E-state index in [0.717, 1.165) is 0 Å². The number of hydrazone groups is 1. The highest BCUT2D eigenvalue weighted by molar-refractivity contribution is 6.16. The predicted molar refractivity (Wildman–Crippen MR) is 122 cm³/mol. The van der Waals surface area contributed by atoms with Crippen LogP contribution in [0.25, 0.3) is 0 Å². The first-order valence-electron chi connectivity index (χ1n) is 10.8. The third kappa shape index (κ3) is 10.6. The fourth-order valence-electron chi connectivity index (χ4n) is 2.71. The van der Waals surface area contributed by atoms with Crippen molar-refractivity contribution in [2.45, 2.75) is 46.5 Å². The maximum Gasteiger partial charge on any atom is 0.335 e. The molecule has 0 saturated heterocycles. The summed E-state index contributed by atoms with van der Waals surface area (Å²) >= 11 is 0. The maximum atomic E-state index is 11.9. The van der Waals surface area contributed by atoms with Crippen molar-refractivity contribution in [3.05, 3.63) is 29.8 Å². The highest BCUT2D eigenvalue weighted by Crippen LogP contribution is 2.22. The largest absolute Gasteiger partial charge is 0.478 e. The molecule has 0 spiro atoms. The summed E-state index contributed by atoms with van der Waals surface area (Å²) in [6.45, 7) is 5.73. The Morgan fingerprint density at radius 1 is 0.857 bits per heavy atom. The molecule has 1 heterocycles. The van der Waals surface area contributed by atoms with Gasteiger partial charge in [-0.15, -0.1) is 0 Å². The van der Waals surface area contributed by atoms with Crippen molar-refractivity contribution in [2.75, 3.05) is 24.8 Å². The molecule has 12 heteroatoms. The smallest absolute Gasteiger partial charge is 0.335 e. The number of hydrogen-bond donors (Lipinski definition) is 1. The lowest BCUT2D eigenvalue weighted by Gasteiger charge is -2.11. The van der Waals surface area contributed by atoms with E-state index in [1.165, 1.54) is 29.3 Å². The molecule has 0 fully saturated rings. The molecule has 0 radical (unpaired) electrons. The van der Waals surface area contributed by atoms with Crippen LogP contribution >= 0.6 is 0 Å². The van der Waals surface area contributed by atoms with E-state index < -0.39 is 29.7 Å². The Morgan fingerprint density at radius 3 is 1.80 bits per heavy atom. The van der Waals surface area contributed by atoms with Crippen LogP contribution in [0.1, 0.15) is 56.8 Å². The average molecular weight is 492 g/mol. The van der Waals surface area contributed by atoms with Crippen LogP contribution < -0.4 is 5.01 Å². The third-order valence-corrected chi connectivity index (χ3v) is 4.14. The van der Waals surface area contributed by atoms with Crippen molar-refractivity contribution in [1.82, 2.24) is 0 Å². The summed E-state index contributed by atoms with van der Waals surface area (Å²) in [4.78, 5) is 66.6. The number of nitrogens with zero attached hydrogens (tertiary/aromatic N) is 2. The van der Waals surface area contributed by atoms with Gasteiger partial charge in [0.05, 0.1) is 49.6 Å². The first kappa shape index (κ1) is 28.9. The van der Waals surface area contributed by atoms with Crippen molar-refractivity contribution in [3.63, 3.8) is 0 Å². The number of carbonyl (C=O) groups excluding carboxylic acids is 5. The second-order valence-electron chi connectivity index (χ2n) is 6.88. The number of ketones is 1. The zero-order chi connectivity index (χ0) is 26.4. The van der Waals surface area contributed by atoms with Gasteiger partial charge in [0.25, 0.3) is 5.91 Å². The number of Topliss-reactive ketones (excluding diaryl/α,β-unsaturated/α-hetero) is 1. The number of hydrogen-bond acceptors (Lipinski definition) is 10. The van der Waals surface area contributed by atoms with Crippen LogP contribution in [0.15, 0.2) is 29.4 Å². The van der Waals surface area contributed by atoms with Crippen LogP contribution in [0.5, 0.6) is 0 Å². The molecule has 190 valence electrons. The number of esters is 3. The van der Waals surface area contributed by atoms with Gasteiger partial charge in [-0.3, -0.25) is 24.0 Å². The van der Waals surface area contributed by atoms with Gasteiger partial charge in [-0.25, -0.2) is 9.80 Å². The van der Waals surface area contributed by atoms with Gasteiger partial charge in [0.1, 0.15) is 12.8 Å². The van der Waals surface area contributed by atoms with Crippen LogP contribution in [0, 0.1) is 0 Å². The number of carboxylic acid groups (broad SMARTS) is 1. The Labute approximate surface area is 201 Å². The van der Waals surface area contributed by atoms with E-state index >= 15 is 0 Å². The zero-order valence-corrected chi connectivity index (χ0v) is 19.8. The average Bonchev–Trinajstić information content (AvgIpc) is 3.14. The Bertz CT molecular complexity index is 947. The van der Waals surface area contributed by atoms with Gasteiger partial charge in [-0.1, -0.05) is 0 Å². The maximum absolute atomic E-state index is 11.9. The first-order valence-corrected chi connectivity index (χ1v) is 10.8. The predicted octanol–water partition coefficient (Wildman–Crippen LogP) is 1.89. The van der Waals surface area contributed by atoms with E-state index in [-0.39, 0.29) is 57.0 Å². The van der Waals surface area contributed by atoms with E-state index in [2.05, 4.69) is 14.6 Å². The molecular weight excluding hydrogens is 464 g/mol. The number of aromatic carboxylic acids is 1. The molecule has 1 aromatic carbocycles. The van der Waals surface area contributed by atoms with E-state index in [1.54, 1.807) is 20.8 Å². The Morgan fingerprint density at radius 2 is 1.34 bits per heavy atom. The summed E-state index contributed by atoms with van der Waals surface area (Å²) in [7, 11) is 0. The number of rotatable bonds is 11. The number of benzene rings is 1. The molecule has 1 aromatic rings. The summed E-state index contributed by atoms with van der Waals surface area (Å²) in [6, 6.07) is 5.78.